The van der Waals surface area contributed by atoms with Gasteiger partial charge in [-0.3, -0.25) is 0 Å². The van der Waals surface area contributed by atoms with Crippen LogP contribution in [0.5, 0.6) is 0 Å². The van der Waals surface area contributed by atoms with Crippen LogP contribution in [-0.4, -0.2) is 0 Å². The summed E-state index contributed by atoms with van der Waals surface area (Å²) in [4.78, 5) is 0. The molecule has 28 heavy (non-hydrogen) atoms. The third-order valence-corrected chi connectivity index (χ3v) is 6.16. The molecule has 4 rings (SSSR count). The van der Waals surface area contributed by atoms with E-state index in [0.29, 0.717) is 17.8 Å². The van der Waals surface area contributed by atoms with Gasteiger partial charge in [0, 0.05) is 5.92 Å². The van der Waals surface area contributed by atoms with Gasteiger partial charge in [-0.2, -0.15) is 18.8 Å². The average molecular weight is 490 g/mol. The zero-order valence-electron chi connectivity index (χ0n) is 16.5. The molecular formula is C25H27Cl2Zr. The molecule has 0 fully saturated rings. The summed E-state index contributed by atoms with van der Waals surface area (Å²) >= 11 is 0. The molecular weight excluding hydrogens is 462 g/mol. The van der Waals surface area contributed by atoms with Crippen molar-refractivity contribution in [3.63, 3.8) is 0 Å². The van der Waals surface area contributed by atoms with Crippen molar-refractivity contribution >= 4 is 12.2 Å². The molecule has 2 aromatic rings. The van der Waals surface area contributed by atoms with E-state index in [1.54, 1.807) is 5.92 Å². The minimum absolute atomic E-state index is 0. The predicted octanol–water partition coefficient (Wildman–Crippen LogP) is 1.01. The molecule has 0 bridgehead atoms. The van der Waals surface area contributed by atoms with E-state index in [4.69, 9.17) is 0 Å². The first-order valence-electron chi connectivity index (χ1n) is 9.66. The van der Waals surface area contributed by atoms with Gasteiger partial charge in [-0.1, -0.05) is 93.1 Å². The summed E-state index contributed by atoms with van der Waals surface area (Å²) in [6, 6.07) is 17.7. The van der Waals surface area contributed by atoms with Crippen LogP contribution in [0.15, 0.2) is 60.7 Å². The zero-order valence-corrected chi connectivity index (χ0v) is 20.5. The second-order valence-electron chi connectivity index (χ2n) is 7.45. The topological polar surface area (TPSA) is 0 Å². The maximum atomic E-state index is 2.42. The molecule has 2 aliphatic carbocycles. The minimum atomic E-state index is 0. The van der Waals surface area contributed by atoms with Crippen LogP contribution in [0.2, 0.25) is 0 Å². The molecule has 1 radical (unpaired) electrons. The van der Waals surface area contributed by atoms with Gasteiger partial charge in [-0.25, -0.2) is 0 Å². The van der Waals surface area contributed by atoms with Crippen LogP contribution in [0.4, 0.5) is 0 Å². The maximum Gasteiger partial charge on any atom is 3.00 e. The average Bonchev–Trinajstić information content (AvgIpc) is 3.26. The minimum Gasteiger partial charge on any atom is -1.00 e. The van der Waals surface area contributed by atoms with Gasteiger partial charge in [0.15, 0.2) is 0 Å². The number of fused-ring (bicyclic) bond motifs is 2. The van der Waals surface area contributed by atoms with E-state index in [2.05, 4.69) is 86.7 Å². The van der Waals surface area contributed by atoms with Crippen LogP contribution in [0.3, 0.4) is 0 Å². The first kappa shape index (κ1) is 25.4. The predicted molar refractivity (Wildman–Crippen MR) is 108 cm³/mol. The number of rotatable bonds is 6. The molecule has 3 heteroatoms. The van der Waals surface area contributed by atoms with Gasteiger partial charge in [0.25, 0.3) is 0 Å². The van der Waals surface area contributed by atoms with E-state index in [9.17, 15) is 0 Å². The van der Waals surface area contributed by atoms with Gasteiger partial charge >= 0.3 is 26.2 Å². The molecule has 145 valence electrons. The Bertz CT molecular complexity index is 812. The van der Waals surface area contributed by atoms with Gasteiger partial charge in [-0.15, -0.1) is 0 Å². The summed E-state index contributed by atoms with van der Waals surface area (Å²) < 4.78 is 0. The van der Waals surface area contributed by atoms with E-state index in [0.717, 1.165) is 0 Å². The fourth-order valence-electron chi connectivity index (χ4n) is 4.61. The summed E-state index contributed by atoms with van der Waals surface area (Å²) in [5.41, 5.74) is 5.83. The first-order valence-corrected chi connectivity index (χ1v) is 9.66. The van der Waals surface area contributed by atoms with Crippen molar-refractivity contribution in [2.45, 2.75) is 44.9 Å². The van der Waals surface area contributed by atoms with E-state index >= 15 is 0 Å². The van der Waals surface area contributed by atoms with Gasteiger partial charge in [-0.05, 0) is 28.2 Å². The molecule has 0 N–H and O–H groups in total. The first-order chi connectivity index (χ1) is 12.3. The van der Waals surface area contributed by atoms with Gasteiger partial charge in [0.2, 0.25) is 0 Å². The van der Waals surface area contributed by atoms with Crippen molar-refractivity contribution in [3.05, 3.63) is 88.9 Å². The van der Waals surface area contributed by atoms with Crippen LogP contribution in [0, 0.1) is 11.8 Å². The zero-order chi connectivity index (χ0) is 17.2. The number of hydrogen-bond donors (Lipinski definition) is 0. The van der Waals surface area contributed by atoms with E-state index in [-0.39, 0.29) is 51.0 Å². The van der Waals surface area contributed by atoms with Gasteiger partial charge < -0.3 is 30.7 Å². The molecule has 0 spiro atoms. The Morgan fingerprint density at radius 3 is 2.11 bits per heavy atom. The summed E-state index contributed by atoms with van der Waals surface area (Å²) in [6.45, 7) is 4.75. The van der Waals surface area contributed by atoms with E-state index in [1.165, 1.54) is 41.5 Å². The smallest absolute Gasteiger partial charge is 1.00 e. The van der Waals surface area contributed by atoms with Crippen LogP contribution >= 0.6 is 0 Å². The number of hydrogen-bond acceptors (Lipinski definition) is 0. The molecule has 0 amide bonds. The molecule has 0 nitrogen and oxygen atoms in total. The third kappa shape index (κ3) is 5.10. The monoisotopic (exact) mass is 487 g/mol. The molecule has 0 aromatic heterocycles. The molecule has 2 aromatic carbocycles. The van der Waals surface area contributed by atoms with Crippen molar-refractivity contribution in [1.29, 1.82) is 0 Å². The van der Waals surface area contributed by atoms with E-state index in [1.807, 2.05) is 0 Å². The normalized spacial score (nSPS) is 19.2. The van der Waals surface area contributed by atoms with Crippen LogP contribution in [-0.2, 0) is 26.2 Å². The molecule has 0 saturated carbocycles. The van der Waals surface area contributed by atoms with Gasteiger partial charge in [0.05, 0.1) is 0 Å². The Balaban J connectivity index is 0.00000131. The quantitative estimate of drug-likeness (QED) is 0.532. The standard InChI is InChI=1S/C25H27.2ClH.Zr/c1-3-19(12-13-22-15-14-20-8-4-6-10-24(20)22)18(2)23-17-16-21-9-5-7-11-25(21)23;;;/h4-11,14-18,22-23H,3,12-13H2,1-2H3;2*1H;/q-1;;;+3/p-2. The second-order valence-corrected chi connectivity index (χ2v) is 7.45. The van der Waals surface area contributed by atoms with Crippen molar-refractivity contribution < 1.29 is 51.0 Å². The van der Waals surface area contributed by atoms with Crippen LogP contribution < -0.4 is 24.8 Å². The molecule has 0 aliphatic heterocycles. The second kappa shape index (κ2) is 11.5. The van der Waals surface area contributed by atoms with Crippen molar-refractivity contribution in [2.24, 2.45) is 5.92 Å². The van der Waals surface area contributed by atoms with E-state index < -0.39 is 0 Å². The Labute approximate surface area is 201 Å². The Morgan fingerprint density at radius 1 is 0.857 bits per heavy atom. The third-order valence-electron chi connectivity index (χ3n) is 6.16. The van der Waals surface area contributed by atoms with Crippen molar-refractivity contribution in [2.75, 3.05) is 0 Å². The van der Waals surface area contributed by atoms with Crippen LogP contribution in [0.25, 0.3) is 12.2 Å². The molecule has 0 saturated heterocycles. The molecule has 2 aliphatic rings. The number of allylic oxidation sites excluding steroid dienone is 2. The van der Waals surface area contributed by atoms with Gasteiger partial charge in [0.1, 0.15) is 0 Å². The fraction of sp³-hybridized carbons (Fsp3) is 0.320. The molecule has 3 atom stereocenters. The number of benzene rings is 2. The summed E-state index contributed by atoms with van der Waals surface area (Å²) in [6.07, 6.45) is 13.1. The van der Waals surface area contributed by atoms with Crippen molar-refractivity contribution in [1.82, 2.24) is 0 Å². The largest absolute Gasteiger partial charge is 3.00 e. The molecule has 0 heterocycles. The summed E-state index contributed by atoms with van der Waals surface area (Å²) in [7, 11) is 0. The molecule has 3 unspecified atom stereocenters. The fourth-order valence-corrected chi connectivity index (χ4v) is 4.61. The summed E-state index contributed by atoms with van der Waals surface area (Å²) in [5.74, 6) is 3.48. The maximum absolute atomic E-state index is 2.42. The summed E-state index contributed by atoms with van der Waals surface area (Å²) in [5, 5.41) is 0. The van der Waals surface area contributed by atoms with Crippen molar-refractivity contribution in [3.8, 4) is 0 Å². The SMILES string of the molecule is CC[C-](CCC1C=Cc2ccccc21)C(C)C1C=Cc2ccccc21.[Cl-].[Cl-].[Zr+3]. The Kier molecular flexibility index (Phi) is 10.5. The Morgan fingerprint density at radius 2 is 1.43 bits per heavy atom. The number of halogens is 2. The van der Waals surface area contributed by atoms with Crippen LogP contribution in [0.1, 0.15) is 67.2 Å². The Hall–Kier alpha value is -0.617.